The Hall–Kier alpha value is -2.72. The van der Waals surface area contributed by atoms with Crippen LogP contribution in [0.2, 0.25) is 25.7 Å². The lowest BCUT2D eigenvalue weighted by Gasteiger charge is -2.15. The number of hydrogen-bond acceptors (Lipinski definition) is 3. The largest absolute Gasteiger partial charge is 0.493 e. The molecule has 1 aliphatic carbocycles. The van der Waals surface area contributed by atoms with Gasteiger partial charge in [-0.25, -0.2) is 0 Å². The molecule has 3 rings (SSSR count). The highest BCUT2D eigenvalue weighted by molar-refractivity contribution is 8.23. The molecule has 1 nitrogen and oxygen atoms in total. The molecule has 2 aromatic rings. The molecule has 1 aliphatic rings. The standard InChI is InChI=1S/C29H28OS2Si/c1-5-30-28-22-25(11-10-23-8-6-7-9-23)15-17-26(28)16-12-24-13-18-27(19-14-24)29(31)32-20-21-33(2,3)4/h6-8,13-15,17-19,22H,5,20-21H2,1-4H3. The predicted molar refractivity (Wildman–Crippen MR) is 150 cm³/mol. The Bertz CT molecular complexity index is 1230. The summed E-state index contributed by atoms with van der Waals surface area (Å²) >= 11 is 7.40. The number of rotatable bonds is 6. The van der Waals surface area contributed by atoms with Crippen LogP contribution in [0, 0.1) is 23.7 Å². The molecule has 0 unspecified atom stereocenters. The number of hydrogen-bond donors (Lipinski definition) is 0. The van der Waals surface area contributed by atoms with Crippen LogP contribution in [0.4, 0.5) is 0 Å². The minimum atomic E-state index is -1.03. The van der Waals surface area contributed by atoms with Gasteiger partial charge in [-0.3, -0.25) is 0 Å². The fourth-order valence-corrected chi connectivity index (χ4v) is 6.62. The lowest BCUT2D eigenvalue weighted by molar-refractivity contribution is 0.339. The summed E-state index contributed by atoms with van der Waals surface area (Å²) in [5.74, 6) is 14.6. The van der Waals surface area contributed by atoms with Crippen LogP contribution < -0.4 is 4.74 Å². The molecule has 166 valence electrons. The van der Waals surface area contributed by atoms with Gasteiger partial charge in [-0.05, 0) is 66.8 Å². The molecule has 0 aliphatic heterocycles. The highest BCUT2D eigenvalue weighted by Crippen LogP contribution is 2.21. The molecule has 0 radical (unpaired) electrons. The van der Waals surface area contributed by atoms with E-state index in [0.29, 0.717) is 6.61 Å². The predicted octanol–water partition coefficient (Wildman–Crippen LogP) is 7.23. The second kappa shape index (κ2) is 11.9. The smallest absolute Gasteiger partial charge is 0.136 e. The first-order valence-corrected chi connectivity index (χ1v) is 16.2. The van der Waals surface area contributed by atoms with Crippen molar-refractivity contribution in [3.05, 3.63) is 94.3 Å². The van der Waals surface area contributed by atoms with Gasteiger partial charge in [-0.1, -0.05) is 73.7 Å². The van der Waals surface area contributed by atoms with Crippen LogP contribution in [0.5, 0.6) is 5.75 Å². The number of allylic oxidation sites excluding steroid dienone is 3. The maximum absolute atomic E-state index is 5.82. The van der Waals surface area contributed by atoms with Crippen LogP contribution in [0.15, 0.2) is 72.0 Å². The molecule has 0 N–H and O–H groups in total. The fraction of sp³-hybridized carbons (Fsp3) is 0.241. The molecule has 0 fully saturated rings. The van der Waals surface area contributed by atoms with Crippen molar-refractivity contribution in [3.63, 3.8) is 0 Å². The van der Waals surface area contributed by atoms with Gasteiger partial charge in [0.05, 0.1) is 21.9 Å². The lowest BCUT2D eigenvalue weighted by atomic mass is 10.1. The third-order valence-electron chi connectivity index (χ3n) is 4.77. The van der Waals surface area contributed by atoms with E-state index in [4.69, 9.17) is 17.0 Å². The summed E-state index contributed by atoms with van der Waals surface area (Å²) in [6.07, 6.45) is 5.74. The Morgan fingerprint density at radius 1 is 1.00 bits per heavy atom. The quantitative estimate of drug-likeness (QED) is 0.185. The molecular formula is C29H28OS2Si. The molecule has 0 saturated carbocycles. The van der Waals surface area contributed by atoms with Gasteiger partial charge in [0.1, 0.15) is 5.75 Å². The number of benzene rings is 2. The number of ether oxygens (including phenoxy) is 1. The van der Waals surface area contributed by atoms with Crippen molar-refractivity contribution in [1.82, 2.24) is 0 Å². The van der Waals surface area contributed by atoms with Gasteiger partial charge in [0.25, 0.3) is 0 Å². The Labute approximate surface area is 209 Å². The van der Waals surface area contributed by atoms with Crippen molar-refractivity contribution in [2.45, 2.75) is 32.6 Å². The molecule has 0 atom stereocenters. The molecule has 0 heterocycles. The molecule has 2 aromatic carbocycles. The maximum atomic E-state index is 5.82. The van der Waals surface area contributed by atoms with Crippen molar-refractivity contribution in [3.8, 4) is 29.4 Å². The fourth-order valence-electron chi connectivity index (χ4n) is 2.89. The van der Waals surface area contributed by atoms with Crippen LogP contribution in [-0.4, -0.2) is 24.6 Å². The molecule has 0 aromatic heterocycles. The summed E-state index contributed by atoms with van der Waals surface area (Å²) in [4.78, 5) is 0. The third kappa shape index (κ3) is 8.28. The van der Waals surface area contributed by atoms with Gasteiger partial charge in [0.15, 0.2) is 0 Å². The summed E-state index contributed by atoms with van der Waals surface area (Å²) in [5, 5.41) is 0. The summed E-state index contributed by atoms with van der Waals surface area (Å²) in [5.41, 5.74) is 7.76. The molecule has 0 saturated heterocycles. The summed E-state index contributed by atoms with van der Waals surface area (Å²) < 4.78 is 6.78. The van der Waals surface area contributed by atoms with E-state index in [1.54, 1.807) is 11.8 Å². The highest BCUT2D eigenvalue weighted by Gasteiger charge is 2.13. The van der Waals surface area contributed by atoms with E-state index in [2.05, 4.69) is 61.2 Å². The molecule has 0 spiro atoms. The van der Waals surface area contributed by atoms with E-state index in [0.717, 1.165) is 43.5 Å². The number of thioether (sulfide) groups is 1. The van der Waals surface area contributed by atoms with E-state index in [1.807, 2.05) is 55.5 Å². The zero-order valence-electron chi connectivity index (χ0n) is 19.6. The van der Waals surface area contributed by atoms with Crippen molar-refractivity contribution in [1.29, 1.82) is 0 Å². The molecule has 33 heavy (non-hydrogen) atoms. The normalized spacial score (nSPS) is 11.8. The average molecular weight is 485 g/mol. The maximum Gasteiger partial charge on any atom is 0.136 e. The van der Waals surface area contributed by atoms with Crippen molar-refractivity contribution < 1.29 is 4.74 Å². The topological polar surface area (TPSA) is 9.23 Å². The monoisotopic (exact) mass is 484 g/mol. The second-order valence-electron chi connectivity index (χ2n) is 8.75. The highest BCUT2D eigenvalue weighted by atomic mass is 32.2. The molecule has 0 bridgehead atoms. The van der Waals surface area contributed by atoms with Gasteiger partial charge in [-0.2, -0.15) is 0 Å². The summed E-state index contributed by atoms with van der Waals surface area (Å²) in [7, 11) is -1.03. The SMILES string of the molecule is CCOc1cc(C#CC2=C=CC=C2)ccc1C#Cc1ccc(C(=S)SCC[Si](C)(C)C)cc1. The van der Waals surface area contributed by atoms with Crippen LogP contribution >= 0.6 is 24.0 Å². The van der Waals surface area contributed by atoms with Crippen LogP contribution in [0.1, 0.15) is 29.2 Å². The minimum absolute atomic E-state index is 0.573. The molecular weight excluding hydrogens is 457 g/mol. The van der Waals surface area contributed by atoms with E-state index >= 15 is 0 Å². The lowest BCUT2D eigenvalue weighted by Crippen LogP contribution is -2.20. The van der Waals surface area contributed by atoms with Gasteiger partial charge in [0, 0.05) is 19.2 Å². The Balaban J connectivity index is 1.70. The van der Waals surface area contributed by atoms with Gasteiger partial charge in [-0.15, -0.1) is 17.5 Å². The molecule has 0 amide bonds. The summed E-state index contributed by atoms with van der Waals surface area (Å²) in [6.45, 7) is 9.73. The zero-order valence-corrected chi connectivity index (χ0v) is 22.3. The summed E-state index contributed by atoms with van der Waals surface area (Å²) in [6, 6.07) is 15.4. The van der Waals surface area contributed by atoms with Crippen LogP contribution in [0.25, 0.3) is 0 Å². The zero-order chi connectivity index (χ0) is 23.7. The number of thiocarbonyl (C=S) groups is 1. The average Bonchev–Trinajstić information content (AvgIpc) is 3.30. The van der Waals surface area contributed by atoms with Crippen LogP contribution in [-0.2, 0) is 0 Å². The van der Waals surface area contributed by atoms with E-state index in [1.165, 1.54) is 6.04 Å². The second-order valence-corrected chi connectivity index (χ2v) is 16.1. The Morgan fingerprint density at radius 2 is 1.73 bits per heavy atom. The first-order valence-electron chi connectivity index (χ1n) is 11.1. The van der Waals surface area contributed by atoms with Crippen molar-refractivity contribution >= 4 is 36.3 Å². The third-order valence-corrected chi connectivity index (χ3v) is 8.38. The van der Waals surface area contributed by atoms with E-state index in [-0.39, 0.29) is 0 Å². The first-order chi connectivity index (χ1) is 15.8. The molecule has 4 heteroatoms. The van der Waals surface area contributed by atoms with E-state index < -0.39 is 8.07 Å². The minimum Gasteiger partial charge on any atom is -0.493 e. The Morgan fingerprint density at radius 3 is 2.39 bits per heavy atom. The Kier molecular flexibility index (Phi) is 9.01. The van der Waals surface area contributed by atoms with Crippen LogP contribution in [0.3, 0.4) is 0 Å². The van der Waals surface area contributed by atoms with Gasteiger partial charge >= 0.3 is 0 Å². The first kappa shape index (κ1) is 24.9. The van der Waals surface area contributed by atoms with Crippen molar-refractivity contribution in [2.24, 2.45) is 0 Å². The van der Waals surface area contributed by atoms with E-state index in [9.17, 15) is 0 Å². The van der Waals surface area contributed by atoms with Gasteiger partial charge < -0.3 is 4.74 Å². The van der Waals surface area contributed by atoms with Gasteiger partial charge in [0.2, 0.25) is 0 Å². The van der Waals surface area contributed by atoms with Crippen molar-refractivity contribution in [2.75, 3.05) is 12.4 Å².